The molecule has 1 saturated heterocycles. The molecule has 1 nitrogen and oxygen atoms in total. The van der Waals surface area contributed by atoms with E-state index < -0.39 is 0 Å². The SMILES string of the molecule is C1=CC2CC23CCCNC3=C1. The summed E-state index contributed by atoms with van der Waals surface area (Å²) >= 11 is 0. The lowest BCUT2D eigenvalue weighted by Gasteiger charge is -2.29. The Bertz CT molecular complexity index is 252. The van der Waals surface area contributed by atoms with Crippen molar-refractivity contribution in [3.05, 3.63) is 23.9 Å². The van der Waals surface area contributed by atoms with Crippen molar-refractivity contribution in [3.8, 4) is 0 Å². The third-order valence-electron chi connectivity index (χ3n) is 3.39. The Morgan fingerprint density at radius 3 is 3.45 bits per heavy atom. The van der Waals surface area contributed by atoms with Crippen molar-refractivity contribution in [1.82, 2.24) is 5.32 Å². The standard InChI is InChI=1S/C10H13N/c1-3-8-7-10(8)5-2-6-11-9(10)4-1/h1,3-4,8,11H,2,5-7H2. The molecule has 1 heteroatoms. The molecule has 2 atom stereocenters. The third-order valence-corrected chi connectivity index (χ3v) is 3.39. The molecule has 0 bridgehead atoms. The zero-order chi connectivity index (χ0) is 7.31. The maximum absolute atomic E-state index is 3.51. The van der Waals surface area contributed by atoms with Crippen LogP contribution in [0.25, 0.3) is 0 Å². The second-order valence-electron chi connectivity index (χ2n) is 3.96. The summed E-state index contributed by atoms with van der Waals surface area (Å²) < 4.78 is 0. The summed E-state index contributed by atoms with van der Waals surface area (Å²) in [6.45, 7) is 1.19. The van der Waals surface area contributed by atoms with Crippen LogP contribution in [-0.2, 0) is 0 Å². The van der Waals surface area contributed by atoms with Crippen molar-refractivity contribution in [3.63, 3.8) is 0 Å². The average molecular weight is 147 g/mol. The van der Waals surface area contributed by atoms with Crippen LogP contribution in [0.4, 0.5) is 0 Å². The number of rotatable bonds is 0. The molecule has 1 spiro atoms. The lowest BCUT2D eigenvalue weighted by molar-refractivity contribution is 0.406. The van der Waals surface area contributed by atoms with Gasteiger partial charge in [0.05, 0.1) is 0 Å². The van der Waals surface area contributed by atoms with Gasteiger partial charge in [-0.1, -0.05) is 12.2 Å². The van der Waals surface area contributed by atoms with Gasteiger partial charge in [-0.25, -0.2) is 0 Å². The molecule has 3 aliphatic rings. The number of allylic oxidation sites excluding steroid dienone is 4. The Labute approximate surface area is 67.2 Å². The molecule has 0 radical (unpaired) electrons. The topological polar surface area (TPSA) is 12.0 Å². The van der Waals surface area contributed by atoms with Gasteiger partial charge in [-0.15, -0.1) is 0 Å². The van der Waals surface area contributed by atoms with E-state index in [1.807, 2.05) is 0 Å². The minimum atomic E-state index is 0.604. The third kappa shape index (κ3) is 0.615. The van der Waals surface area contributed by atoms with Gasteiger partial charge in [-0.2, -0.15) is 0 Å². The van der Waals surface area contributed by atoms with Gasteiger partial charge in [0, 0.05) is 17.7 Å². The van der Waals surface area contributed by atoms with E-state index in [9.17, 15) is 0 Å². The van der Waals surface area contributed by atoms with E-state index in [4.69, 9.17) is 0 Å². The minimum Gasteiger partial charge on any atom is -0.388 e. The Kier molecular flexibility index (Phi) is 0.913. The summed E-state index contributed by atoms with van der Waals surface area (Å²) in [7, 11) is 0. The minimum absolute atomic E-state index is 0.604. The Hall–Kier alpha value is -0.720. The quantitative estimate of drug-likeness (QED) is 0.551. The van der Waals surface area contributed by atoms with Gasteiger partial charge in [0.1, 0.15) is 0 Å². The van der Waals surface area contributed by atoms with Gasteiger partial charge in [0.2, 0.25) is 0 Å². The summed E-state index contributed by atoms with van der Waals surface area (Å²) in [6.07, 6.45) is 11.0. The van der Waals surface area contributed by atoms with Gasteiger partial charge in [0.25, 0.3) is 0 Å². The molecule has 2 unspecified atom stereocenters. The maximum atomic E-state index is 3.51. The van der Waals surface area contributed by atoms with Crippen molar-refractivity contribution < 1.29 is 0 Å². The number of hydrogen-bond acceptors (Lipinski definition) is 1. The van der Waals surface area contributed by atoms with Crippen LogP contribution in [-0.4, -0.2) is 6.54 Å². The van der Waals surface area contributed by atoms with Crippen LogP contribution in [0.1, 0.15) is 19.3 Å². The molecule has 0 amide bonds. The molecule has 0 aromatic heterocycles. The van der Waals surface area contributed by atoms with Crippen molar-refractivity contribution in [2.45, 2.75) is 19.3 Å². The molecule has 1 heterocycles. The molecule has 2 aliphatic carbocycles. The molecule has 11 heavy (non-hydrogen) atoms. The Morgan fingerprint density at radius 2 is 2.55 bits per heavy atom. The fourth-order valence-electron chi connectivity index (χ4n) is 2.63. The van der Waals surface area contributed by atoms with Crippen molar-refractivity contribution >= 4 is 0 Å². The molecule has 1 N–H and O–H groups in total. The average Bonchev–Trinajstić information content (AvgIpc) is 2.75. The van der Waals surface area contributed by atoms with Gasteiger partial charge in [-0.3, -0.25) is 0 Å². The van der Waals surface area contributed by atoms with Crippen LogP contribution in [0.2, 0.25) is 0 Å². The summed E-state index contributed by atoms with van der Waals surface area (Å²) in [5.74, 6) is 0.885. The highest BCUT2D eigenvalue weighted by Crippen LogP contribution is 2.63. The largest absolute Gasteiger partial charge is 0.388 e. The zero-order valence-corrected chi connectivity index (χ0v) is 6.64. The van der Waals surface area contributed by atoms with E-state index in [-0.39, 0.29) is 0 Å². The predicted octanol–water partition coefficient (Wildman–Crippen LogP) is 1.83. The normalized spacial score (nSPS) is 45.1. The first-order valence-corrected chi connectivity index (χ1v) is 4.55. The van der Waals surface area contributed by atoms with Crippen molar-refractivity contribution in [1.29, 1.82) is 0 Å². The maximum Gasteiger partial charge on any atom is 0.0176 e. The summed E-state index contributed by atoms with van der Waals surface area (Å²) in [5, 5.41) is 3.51. The van der Waals surface area contributed by atoms with E-state index in [1.54, 1.807) is 0 Å². The van der Waals surface area contributed by atoms with Crippen LogP contribution in [0.15, 0.2) is 23.9 Å². The first-order chi connectivity index (χ1) is 5.42. The van der Waals surface area contributed by atoms with Crippen LogP contribution in [0, 0.1) is 11.3 Å². The van der Waals surface area contributed by atoms with Crippen LogP contribution >= 0.6 is 0 Å². The van der Waals surface area contributed by atoms with Crippen LogP contribution in [0.3, 0.4) is 0 Å². The molecule has 0 aromatic carbocycles. The summed E-state index contributed by atoms with van der Waals surface area (Å²) in [6, 6.07) is 0. The lowest BCUT2D eigenvalue weighted by Crippen LogP contribution is -2.30. The number of piperidine rings is 1. The molecule has 0 aromatic rings. The smallest absolute Gasteiger partial charge is 0.0176 e. The summed E-state index contributed by atoms with van der Waals surface area (Å²) in [4.78, 5) is 0. The first kappa shape index (κ1) is 5.87. The molecule has 1 saturated carbocycles. The Balaban J connectivity index is 2.02. The van der Waals surface area contributed by atoms with E-state index in [1.165, 1.54) is 31.5 Å². The van der Waals surface area contributed by atoms with Gasteiger partial charge < -0.3 is 5.32 Å². The van der Waals surface area contributed by atoms with Crippen LogP contribution < -0.4 is 5.32 Å². The lowest BCUT2D eigenvalue weighted by atomic mass is 9.87. The van der Waals surface area contributed by atoms with E-state index >= 15 is 0 Å². The predicted molar refractivity (Wildman–Crippen MR) is 45.0 cm³/mol. The number of nitrogens with one attached hydrogen (secondary N) is 1. The molecule has 3 rings (SSSR count). The van der Waals surface area contributed by atoms with Gasteiger partial charge in [0.15, 0.2) is 0 Å². The monoisotopic (exact) mass is 147 g/mol. The van der Waals surface area contributed by atoms with E-state index in [0.29, 0.717) is 5.41 Å². The molecule has 58 valence electrons. The van der Waals surface area contributed by atoms with Crippen molar-refractivity contribution in [2.75, 3.05) is 6.54 Å². The highest BCUT2D eigenvalue weighted by Gasteiger charge is 2.56. The highest BCUT2D eigenvalue weighted by atomic mass is 14.9. The molecule has 1 aliphatic heterocycles. The fraction of sp³-hybridized carbons (Fsp3) is 0.600. The van der Waals surface area contributed by atoms with Gasteiger partial charge >= 0.3 is 0 Å². The van der Waals surface area contributed by atoms with E-state index in [2.05, 4.69) is 23.5 Å². The molecular weight excluding hydrogens is 134 g/mol. The fourth-order valence-corrected chi connectivity index (χ4v) is 2.63. The highest BCUT2D eigenvalue weighted by molar-refractivity contribution is 5.36. The van der Waals surface area contributed by atoms with Crippen LogP contribution in [0.5, 0.6) is 0 Å². The van der Waals surface area contributed by atoms with Gasteiger partial charge in [-0.05, 0) is 31.3 Å². The Morgan fingerprint density at radius 1 is 1.55 bits per heavy atom. The second-order valence-corrected chi connectivity index (χ2v) is 3.96. The van der Waals surface area contributed by atoms with E-state index in [0.717, 1.165) is 5.92 Å². The molecular formula is C10H13N. The second kappa shape index (κ2) is 1.71. The van der Waals surface area contributed by atoms with Crippen molar-refractivity contribution in [2.24, 2.45) is 11.3 Å². The number of hydrogen-bond donors (Lipinski definition) is 1. The molecule has 2 fully saturated rings. The zero-order valence-electron chi connectivity index (χ0n) is 6.64. The first-order valence-electron chi connectivity index (χ1n) is 4.55. The summed E-state index contributed by atoms with van der Waals surface area (Å²) in [5.41, 5.74) is 2.13.